The van der Waals surface area contributed by atoms with E-state index in [4.69, 9.17) is 0 Å². The maximum atomic E-state index is 10.2. The minimum absolute atomic E-state index is 0.498. The van der Waals surface area contributed by atoms with Crippen molar-refractivity contribution in [2.24, 2.45) is 0 Å². The van der Waals surface area contributed by atoms with Crippen LogP contribution in [0.5, 0.6) is 0 Å². The molecule has 118 valence electrons. The summed E-state index contributed by atoms with van der Waals surface area (Å²) in [6, 6.07) is 28.1. The number of aliphatic hydroxyl groups excluding tert-OH is 1. The number of rotatable bonds is 3. The van der Waals surface area contributed by atoms with E-state index >= 15 is 0 Å². The van der Waals surface area contributed by atoms with Gasteiger partial charge in [-0.15, -0.1) is 0 Å². The second-order valence-corrected chi connectivity index (χ2v) is 6.03. The van der Waals surface area contributed by atoms with Crippen molar-refractivity contribution in [1.82, 2.24) is 0 Å². The molecule has 0 amide bonds. The van der Waals surface area contributed by atoms with Crippen LogP contribution < -0.4 is 0 Å². The second kappa shape index (κ2) is 6.08. The van der Waals surface area contributed by atoms with Gasteiger partial charge in [0, 0.05) is 0 Å². The smallest absolute Gasteiger partial charge is 0.162 e. The molecule has 0 atom stereocenters. The third-order valence-corrected chi connectivity index (χ3v) is 4.61. The molecule has 0 saturated heterocycles. The molecule has 0 aliphatic carbocycles. The van der Waals surface area contributed by atoms with E-state index in [0.717, 1.165) is 32.7 Å². The molecule has 2 N–H and O–H groups in total. The number of hydrogen-bond acceptors (Lipinski definition) is 2. The summed E-state index contributed by atoms with van der Waals surface area (Å²) in [5.41, 5.74) is 1.86. The summed E-state index contributed by atoms with van der Waals surface area (Å²) in [5, 5.41) is 24.7. The molecule has 0 saturated carbocycles. The van der Waals surface area contributed by atoms with Crippen LogP contribution in [0.15, 0.2) is 84.9 Å². The molecule has 0 aliphatic heterocycles. The lowest BCUT2D eigenvalue weighted by Crippen LogP contribution is -2.19. The van der Waals surface area contributed by atoms with Crippen molar-refractivity contribution in [3.8, 4) is 0 Å². The molecule has 4 aromatic carbocycles. The Morgan fingerprint density at radius 1 is 0.500 bits per heavy atom. The standard InChI is InChI=1S/C22H18O2/c23-22(24)21(19-13-5-9-15-7-1-3-11-17(15)19)20-14-6-10-16-8-2-4-12-18(16)20/h1-14,21-24H. The van der Waals surface area contributed by atoms with Crippen LogP contribution in [0.25, 0.3) is 21.5 Å². The quantitative estimate of drug-likeness (QED) is 0.549. The average Bonchev–Trinajstić information content (AvgIpc) is 2.62. The van der Waals surface area contributed by atoms with Crippen LogP contribution in [0.1, 0.15) is 17.0 Å². The van der Waals surface area contributed by atoms with Gasteiger partial charge in [-0.3, -0.25) is 0 Å². The lowest BCUT2D eigenvalue weighted by Gasteiger charge is -2.23. The van der Waals surface area contributed by atoms with Gasteiger partial charge in [-0.05, 0) is 32.7 Å². The molecule has 4 rings (SSSR count). The van der Waals surface area contributed by atoms with Gasteiger partial charge in [-0.25, -0.2) is 0 Å². The van der Waals surface area contributed by atoms with E-state index in [1.807, 2.05) is 84.9 Å². The van der Waals surface area contributed by atoms with Crippen molar-refractivity contribution in [2.75, 3.05) is 0 Å². The maximum Gasteiger partial charge on any atom is 0.162 e. The fourth-order valence-electron chi connectivity index (χ4n) is 3.53. The lowest BCUT2D eigenvalue weighted by atomic mass is 9.85. The number of fused-ring (bicyclic) bond motifs is 2. The van der Waals surface area contributed by atoms with Gasteiger partial charge in [0.25, 0.3) is 0 Å². The lowest BCUT2D eigenvalue weighted by molar-refractivity contribution is -0.0506. The first-order chi connectivity index (χ1) is 11.8. The molecule has 0 heterocycles. The fraction of sp³-hybridized carbons (Fsp3) is 0.0909. The molecule has 0 bridgehead atoms. The Balaban J connectivity index is 2.01. The van der Waals surface area contributed by atoms with E-state index in [1.54, 1.807) is 0 Å². The first kappa shape index (κ1) is 14.9. The van der Waals surface area contributed by atoms with Crippen LogP contribution in [0.4, 0.5) is 0 Å². The van der Waals surface area contributed by atoms with E-state index in [2.05, 4.69) is 0 Å². The van der Waals surface area contributed by atoms with Crippen LogP contribution in [0, 0.1) is 0 Å². The first-order valence-corrected chi connectivity index (χ1v) is 8.07. The molecular weight excluding hydrogens is 296 g/mol. The SMILES string of the molecule is OC(O)C(c1cccc2ccccc12)c1cccc2ccccc12. The van der Waals surface area contributed by atoms with Crippen molar-refractivity contribution in [3.63, 3.8) is 0 Å². The molecular formula is C22H18O2. The van der Waals surface area contributed by atoms with Crippen LogP contribution in [-0.4, -0.2) is 16.5 Å². The molecule has 0 fully saturated rings. The molecule has 0 aliphatic rings. The average molecular weight is 314 g/mol. The Morgan fingerprint density at radius 2 is 0.917 bits per heavy atom. The van der Waals surface area contributed by atoms with Gasteiger partial charge in [0.2, 0.25) is 0 Å². The highest BCUT2D eigenvalue weighted by molar-refractivity contribution is 5.90. The molecule has 0 unspecified atom stereocenters. The minimum Gasteiger partial charge on any atom is -0.367 e. The largest absolute Gasteiger partial charge is 0.367 e. The summed E-state index contributed by atoms with van der Waals surface area (Å²) in [4.78, 5) is 0. The predicted octanol–water partition coefficient (Wildman–Crippen LogP) is 4.44. The summed E-state index contributed by atoms with van der Waals surface area (Å²) in [7, 11) is 0. The molecule has 0 spiro atoms. The highest BCUT2D eigenvalue weighted by Crippen LogP contribution is 2.36. The predicted molar refractivity (Wildman–Crippen MR) is 98.0 cm³/mol. The minimum atomic E-state index is -1.47. The van der Waals surface area contributed by atoms with Gasteiger partial charge < -0.3 is 10.2 Å². The van der Waals surface area contributed by atoms with Crippen LogP contribution in [-0.2, 0) is 0 Å². The highest BCUT2D eigenvalue weighted by atomic mass is 16.5. The molecule has 0 radical (unpaired) electrons. The van der Waals surface area contributed by atoms with Crippen LogP contribution in [0.2, 0.25) is 0 Å². The van der Waals surface area contributed by atoms with Crippen molar-refractivity contribution >= 4 is 21.5 Å². The summed E-state index contributed by atoms with van der Waals surface area (Å²) >= 11 is 0. The van der Waals surface area contributed by atoms with Gasteiger partial charge in [0.15, 0.2) is 6.29 Å². The van der Waals surface area contributed by atoms with Gasteiger partial charge in [-0.2, -0.15) is 0 Å². The van der Waals surface area contributed by atoms with Crippen molar-refractivity contribution in [2.45, 2.75) is 12.2 Å². The molecule has 2 nitrogen and oxygen atoms in total. The monoisotopic (exact) mass is 314 g/mol. The van der Waals surface area contributed by atoms with Crippen LogP contribution >= 0.6 is 0 Å². The van der Waals surface area contributed by atoms with Gasteiger partial charge >= 0.3 is 0 Å². The molecule has 0 aromatic heterocycles. The van der Waals surface area contributed by atoms with Gasteiger partial charge in [0.05, 0.1) is 5.92 Å². The molecule has 2 heteroatoms. The highest BCUT2D eigenvalue weighted by Gasteiger charge is 2.24. The van der Waals surface area contributed by atoms with Crippen molar-refractivity contribution in [3.05, 3.63) is 96.1 Å². The van der Waals surface area contributed by atoms with E-state index in [1.165, 1.54) is 0 Å². The maximum absolute atomic E-state index is 10.2. The number of hydrogen-bond donors (Lipinski definition) is 2. The topological polar surface area (TPSA) is 40.5 Å². The van der Waals surface area contributed by atoms with E-state index in [9.17, 15) is 10.2 Å². The van der Waals surface area contributed by atoms with Crippen molar-refractivity contribution < 1.29 is 10.2 Å². The third-order valence-electron chi connectivity index (χ3n) is 4.61. The summed E-state index contributed by atoms with van der Waals surface area (Å²) < 4.78 is 0. The number of aliphatic hydroxyl groups is 2. The van der Waals surface area contributed by atoms with E-state index in [-0.39, 0.29) is 0 Å². The fourth-order valence-corrected chi connectivity index (χ4v) is 3.53. The second-order valence-electron chi connectivity index (χ2n) is 6.03. The number of benzene rings is 4. The van der Waals surface area contributed by atoms with Crippen molar-refractivity contribution in [1.29, 1.82) is 0 Å². The zero-order chi connectivity index (χ0) is 16.5. The first-order valence-electron chi connectivity index (χ1n) is 8.07. The zero-order valence-corrected chi connectivity index (χ0v) is 13.1. The van der Waals surface area contributed by atoms with Gasteiger partial charge in [0.1, 0.15) is 0 Å². The summed E-state index contributed by atoms with van der Waals surface area (Å²) in [6.07, 6.45) is -1.47. The zero-order valence-electron chi connectivity index (χ0n) is 13.1. The normalized spacial score (nSPS) is 11.7. The van der Waals surface area contributed by atoms with E-state index in [0.29, 0.717) is 0 Å². The summed E-state index contributed by atoms with van der Waals surface area (Å²) in [6.45, 7) is 0. The van der Waals surface area contributed by atoms with E-state index < -0.39 is 12.2 Å². The third kappa shape index (κ3) is 2.46. The Bertz CT molecular complexity index is 915. The van der Waals surface area contributed by atoms with Gasteiger partial charge in [-0.1, -0.05) is 84.9 Å². The van der Waals surface area contributed by atoms with Crippen LogP contribution in [0.3, 0.4) is 0 Å². The Hall–Kier alpha value is -2.68. The molecule has 4 aromatic rings. The Morgan fingerprint density at radius 3 is 1.38 bits per heavy atom. The Kier molecular flexibility index (Phi) is 3.77. The summed E-state index contributed by atoms with van der Waals surface area (Å²) in [5.74, 6) is -0.498. The molecule has 24 heavy (non-hydrogen) atoms. The Labute approximate surface area is 140 Å².